The van der Waals surface area contributed by atoms with Gasteiger partial charge in [0.25, 0.3) is 5.91 Å². The Morgan fingerprint density at radius 3 is 2.44 bits per heavy atom. The number of rotatable bonds is 6. The molecular formula is C21H19BrClNO3. The lowest BCUT2D eigenvalue weighted by Gasteiger charge is -2.10. The van der Waals surface area contributed by atoms with Gasteiger partial charge >= 0.3 is 0 Å². The van der Waals surface area contributed by atoms with E-state index < -0.39 is 0 Å². The first kappa shape index (κ1) is 19.5. The van der Waals surface area contributed by atoms with Crippen LogP contribution in [0.15, 0.2) is 57.4 Å². The van der Waals surface area contributed by atoms with Crippen molar-refractivity contribution in [3.63, 3.8) is 0 Å². The molecule has 4 nitrogen and oxygen atoms in total. The highest BCUT2D eigenvalue weighted by molar-refractivity contribution is 9.10. The Balaban J connectivity index is 1.52. The van der Waals surface area contributed by atoms with Gasteiger partial charge in [0.05, 0.1) is 6.54 Å². The summed E-state index contributed by atoms with van der Waals surface area (Å²) >= 11 is 9.55. The predicted octanol–water partition coefficient (Wildman–Crippen LogP) is 5.67. The Morgan fingerprint density at radius 2 is 1.78 bits per heavy atom. The van der Waals surface area contributed by atoms with Crippen LogP contribution in [0.5, 0.6) is 5.75 Å². The van der Waals surface area contributed by atoms with Gasteiger partial charge in [-0.2, -0.15) is 0 Å². The van der Waals surface area contributed by atoms with E-state index in [0.29, 0.717) is 23.1 Å². The van der Waals surface area contributed by atoms with E-state index in [1.165, 1.54) is 0 Å². The van der Waals surface area contributed by atoms with Crippen LogP contribution in [-0.4, -0.2) is 12.5 Å². The largest absolute Gasteiger partial charge is 0.484 e. The summed E-state index contributed by atoms with van der Waals surface area (Å²) < 4.78 is 12.3. The van der Waals surface area contributed by atoms with E-state index >= 15 is 0 Å². The summed E-state index contributed by atoms with van der Waals surface area (Å²) in [6.07, 6.45) is 0. The van der Waals surface area contributed by atoms with E-state index in [-0.39, 0.29) is 12.5 Å². The number of carbonyl (C=O) groups is 1. The highest BCUT2D eigenvalue weighted by Crippen LogP contribution is 2.26. The number of ether oxygens (including phenoxy) is 1. The third kappa shape index (κ3) is 5.15. The number of nitrogens with one attached hydrogen (secondary N) is 1. The van der Waals surface area contributed by atoms with Crippen molar-refractivity contribution in [1.29, 1.82) is 0 Å². The number of aryl methyl sites for hydroxylation is 2. The second-order valence-electron chi connectivity index (χ2n) is 6.21. The van der Waals surface area contributed by atoms with Crippen LogP contribution in [0, 0.1) is 13.8 Å². The maximum atomic E-state index is 12.0. The minimum atomic E-state index is -0.221. The maximum absolute atomic E-state index is 12.0. The molecule has 0 aliphatic carbocycles. The number of hydrogen-bond donors (Lipinski definition) is 1. The number of furan rings is 1. The maximum Gasteiger partial charge on any atom is 0.258 e. The van der Waals surface area contributed by atoms with Crippen LogP contribution in [0.25, 0.3) is 11.3 Å². The molecule has 0 aliphatic rings. The van der Waals surface area contributed by atoms with Gasteiger partial charge in [-0.05, 0) is 61.4 Å². The molecule has 0 spiro atoms. The van der Waals surface area contributed by atoms with E-state index in [0.717, 1.165) is 26.9 Å². The molecule has 0 atom stereocenters. The van der Waals surface area contributed by atoms with Crippen molar-refractivity contribution >= 4 is 33.4 Å². The van der Waals surface area contributed by atoms with Crippen LogP contribution in [0.2, 0.25) is 5.02 Å². The zero-order valence-corrected chi connectivity index (χ0v) is 17.4. The summed E-state index contributed by atoms with van der Waals surface area (Å²) in [5.74, 6) is 1.84. The highest BCUT2D eigenvalue weighted by Gasteiger charge is 2.09. The van der Waals surface area contributed by atoms with Gasteiger partial charge in [0, 0.05) is 15.1 Å². The molecule has 1 aromatic heterocycles. The van der Waals surface area contributed by atoms with E-state index in [1.807, 2.05) is 62.4 Å². The van der Waals surface area contributed by atoms with Gasteiger partial charge in [-0.15, -0.1) is 0 Å². The first-order valence-corrected chi connectivity index (χ1v) is 9.60. The Hall–Kier alpha value is -2.24. The van der Waals surface area contributed by atoms with Crippen LogP contribution in [0.1, 0.15) is 16.9 Å². The third-order valence-corrected chi connectivity index (χ3v) is 5.15. The summed E-state index contributed by atoms with van der Waals surface area (Å²) in [7, 11) is 0. The minimum Gasteiger partial charge on any atom is -0.484 e. The van der Waals surface area contributed by atoms with Gasteiger partial charge in [-0.1, -0.05) is 39.7 Å². The number of amides is 1. The normalized spacial score (nSPS) is 10.7. The Labute approximate surface area is 171 Å². The van der Waals surface area contributed by atoms with E-state index in [1.54, 1.807) is 0 Å². The lowest BCUT2D eigenvalue weighted by Crippen LogP contribution is -2.28. The van der Waals surface area contributed by atoms with Gasteiger partial charge in [-0.3, -0.25) is 4.79 Å². The quantitative estimate of drug-likeness (QED) is 0.528. The molecule has 0 saturated heterocycles. The summed E-state index contributed by atoms with van der Waals surface area (Å²) in [6, 6.07) is 15.2. The molecule has 2 aromatic carbocycles. The molecule has 140 valence electrons. The minimum absolute atomic E-state index is 0.0687. The molecule has 1 N–H and O–H groups in total. The summed E-state index contributed by atoms with van der Waals surface area (Å²) in [5.41, 5.74) is 2.82. The predicted molar refractivity (Wildman–Crippen MR) is 110 cm³/mol. The molecule has 1 amide bonds. The average molecular weight is 449 g/mol. The summed E-state index contributed by atoms with van der Waals surface area (Å²) in [5, 5.41) is 3.51. The molecule has 27 heavy (non-hydrogen) atoms. The molecule has 3 rings (SSSR count). The monoisotopic (exact) mass is 447 g/mol. The Bertz CT molecular complexity index is 927. The number of carbonyl (C=O) groups excluding carboxylic acids is 1. The molecule has 0 fully saturated rings. The van der Waals surface area contributed by atoms with Gasteiger partial charge in [0.1, 0.15) is 17.3 Å². The van der Waals surface area contributed by atoms with Crippen LogP contribution < -0.4 is 10.1 Å². The van der Waals surface area contributed by atoms with Crippen LogP contribution in [-0.2, 0) is 11.3 Å². The number of benzene rings is 2. The molecule has 1 heterocycles. The fourth-order valence-electron chi connectivity index (χ4n) is 2.62. The van der Waals surface area contributed by atoms with Gasteiger partial charge in [-0.25, -0.2) is 0 Å². The van der Waals surface area contributed by atoms with E-state index in [4.69, 9.17) is 20.8 Å². The molecule has 0 radical (unpaired) electrons. The number of halogens is 2. The van der Waals surface area contributed by atoms with Crippen molar-refractivity contribution in [3.05, 3.63) is 74.9 Å². The molecule has 0 aliphatic heterocycles. The summed E-state index contributed by atoms with van der Waals surface area (Å²) in [6.45, 7) is 4.04. The van der Waals surface area contributed by atoms with Crippen molar-refractivity contribution < 1.29 is 13.9 Å². The van der Waals surface area contributed by atoms with Crippen LogP contribution in [0.4, 0.5) is 0 Å². The SMILES string of the molecule is Cc1cc(OCC(=O)NCc2ccc(-c3ccc(Br)cc3)o2)cc(C)c1Cl. The average Bonchev–Trinajstić information content (AvgIpc) is 3.12. The van der Waals surface area contributed by atoms with Crippen molar-refractivity contribution in [1.82, 2.24) is 5.32 Å². The Morgan fingerprint density at radius 1 is 1.11 bits per heavy atom. The molecule has 0 saturated carbocycles. The molecule has 0 bridgehead atoms. The van der Waals surface area contributed by atoms with Crippen molar-refractivity contribution in [2.75, 3.05) is 6.61 Å². The highest BCUT2D eigenvalue weighted by atomic mass is 79.9. The van der Waals surface area contributed by atoms with Gasteiger partial charge in [0.2, 0.25) is 0 Å². The van der Waals surface area contributed by atoms with Crippen LogP contribution >= 0.6 is 27.5 Å². The van der Waals surface area contributed by atoms with Crippen molar-refractivity contribution in [3.8, 4) is 17.1 Å². The second kappa shape index (κ2) is 8.63. The van der Waals surface area contributed by atoms with E-state index in [2.05, 4.69) is 21.2 Å². The molecule has 3 aromatic rings. The zero-order valence-electron chi connectivity index (χ0n) is 15.0. The van der Waals surface area contributed by atoms with Crippen LogP contribution in [0.3, 0.4) is 0 Å². The zero-order chi connectivity index (χ0) is 19.4. The lowest BCUT2D eigenvalue weighted by atomic mass is 10.1. The topological polar surface area (TPSA) is 51.5 Å². The Kier molecular flexibility index (Phi) is 6.24. The fraction of sp³-hybridized carbons (Fsp3) is 0.190. The van der Waals surface area contributed by atoms with Crippen molar-refractivity contribution in [2.45, 2.75) is 20.4 Å². The summed E-state index contributed by atoms with van der Waals surface area (Å²) in [4.78, 5) is 12.0. The van der Waals surface area contributed by atoms with Gasteiger partial charge < -0.3 is 14.5 Å². The number of hydrogen-bond acceptors (Lipinski definition) is 3. The lowest BCUT2D eigenvalue weighted by molar-refractivity contribution is -0.123. The first-order chi connectivity index (χ1) is 12.9. The third-order valence-electron chi connectivity index (χ3n) is 4.03. The second-order valence-corrected chi connectivity index (χ2v) is 7.50. The van der Waals surface area contributed by atoms with E-state index in [9.17, 15) is 4.79 Å². The molecule has 6 heteroatoms. The fourth-order valence-corrected chi connectivity index (χ4v) is 2.99. The smallest absolute Gasteiger partial charge is 0.258 e. The molecular weight excluding hydrogens is 430 g/mol. The van der Waals surface area contributed by atoms with Crippen molar-refractivity contribution in [2.24, 2.45) is 0 Å². The first-order valence-electron chi connectivity index (χ1n) is 8.43. The van der Waals surface area contributed by atoms with Gasteiger partial charge in [0.15, 0.2) is 6.61 Å². The standard InChI is InChI=1S/C21H19BrClNO3/c1-13-9-18(10-14(2)21(13)23)26-12-20(25)24-11-17-7-8-19(27-17)15-3-5-16(22)6-4-15/h3-10H,11-12H2,1-2H3,(H,24,25). The molecule has 0 unspecified atom stereocenters.